The van der Waals surface area contributed by atoms with E-state index in [2.05, 4.69) is 14.7 Å². The van der Waals surface area contributed by atoms with Gasteiger partial charge in [-0.3, -0.25) is 4.72 Å². The molecule has 1 heterocycles. The normalized spacial score (nSPS) is 12.4. The molecule has 1 aromatic heterocycles. The molecule has 0 aliphatic carbocycles. The summed E-state index contributed by atoms with van der Waals surface area (Å²) in [6.07, 6.45) is 1.04. The van der Waals surface area contributed by atoms with Crippen molar-refractivity contribution in [3.05, 3.63) is 52.9 Å². The van der Waals surface area contributed by atoms with Crippen LogP contribution >= 0.6 is 0 Å². The summed E-state index contributed by atoms with van der Waals surface area (Å²) in [5.74, 6) is 0. The van der Waals surface area contributed by atoms with Crippen molar-refractivity contribution in [3.63, 3.8) is 0 Å². The number of nitrogens with one attached hydrogen (secondary N) is 3. The molecular weight excluding hydrogens is 354 g/mol. The van der Waals surface area contributed by atoms with Gasteiger partial charge in [0.25, 0.3) is 10.0 Å². The third-order valence-electron chi connectivity index (χ3n) is 3.31. The smallest absolute Gasteiger partial charge is 0.306 e. The zero-order chi connectivity index (χ0) is 17.5. The molecule has 0 aliphatic heterocycles. The van der Waals surface area contributed by atoms with E-state index in [0.717, 1.165) is 6.26 Å². The first kappa shape index (κ1) is 16.3. The molecule has 0 saturated heterocycles. The second-order valence-corrected chi connectivity index (χ2v) is 8.89. The Morgan fingerprint density at radius 2 is 1.58 bits per heavy atom. The van der Waals surface area contributed by atoms with Gasteiger partial charge in [0.15, 0.2) is 9.84 Å². The highest BCUT2D eigenvalue weighted by molar-refractivity contribution is 7.92. The molecule has 0 spiro atoms. The summed E-state index contributed by atoms with van der Waals surface area (Å²) in [5.41, 5.74) is 0.528. The number of hydrogen-bond donors (Lipinski definition) is 3. The van der Waals surface area contributed by atoms with E-state index in [1.54, 1.807) is 0 Å². The van der Waals surface area contributed by atoms with Gasteiger partial charge in [0.1, 0.15) is 0 Å². The predicted molar refractivity (Wildman–Crippen MR) is 89.3 cm³/mol. The third kappa shape index (κ3) is 3.19. The maximum atomic E-state index is 12.5. The number of imidazole rings is 1. The van der Waals surface area contributed by atoms with Gasteiger partial charge >= 0.3 is 5.69 Å². The van der Waals surface area contributed by atoms with Crippen molar-refractivity contribution in [3.8, 4) is 0 Å². The molecule has 3 N–H and O–H groups in total. The minimum Gasteiger partial charge on any atom is -0.306 e. The molecule has 3 rings (SSSR count). The molecule has 0 amide bonds. The van der Waals surface area contributed by atoms with E-state index >= 15 is 0 Å². The van der Waals surface area contributed by atoms with Gasteiger partial charge in [0.05, 0.1) is 26.5 Å². The van der Waals surface area contributed by atoms with E-state index in [4.69, 9.17) is 0 Å². The number of sulfonamides is 1. The van der Waals surface area contributed by atoms with Crippen LogP contribution in [0.1, 0.15) is 0 Å². The zero-order valence-corrected chi connectivity index (χ0v) is 14.0. The summed E-state index contributed by atoms with van der Waals surface area (Å²) in [4.78, 5) is 16.2. The highest BCUT2D eigenvalue weighted by Crippen LogP contribution is 2.21. The van der Waals surface area contributed by atoms with Crippen molar-refractivity contribution < 1.29 is 16.8 Å². The molecule has 3 aromatic rings. The Balaban J connectivity index is 1.99. The largest absolute Gasteiger partial charge is 0.323 e. The van der Waals surface area contributed by atoms with Crippen molar-refractivity contribution in [2.24, 2.45) is 0 Å². The highest BCUT2D eigenvalue weighted by atomic mass is 32.2. The van der Waals surface area contributed by atoms with Crippen LogP contribution < -0.4 is 10.4 Å². The Bertz CT molecular complexity index is 1190. The molecule has 2 aromatic carbocycles. The van der Waals surface area contributed by atoms with E-state index in [0.29, 0.717) is 11.0 Å². The second-order valence-electron chi connectivity index (χ2n) is 5.19. The average molecular weight is 367 g/mol. The van der Waals surface area contributed by atoms with Gasteiger partial charge in [0, 0.05) is 6.26 Å². The Labute approximate surface area is 137 Å². The molecule has 8 nitrogen and oxygen atoms in total. The standard InChI is InChI=1S/C14H13N3O5S2/c1-23(19,20)10-4-2-3-9(7-10)17-24(21,22)11-5-6-12-13(8-11)16-14(18)15-12/h2-8,17H,1H3,(H2,15,16,18). The number of hydrogen-bond acceptors (Lipinski definition) is 5. The number of sulfone groups is 1. The summed E-state index contributed by atoms with van der Waals surface area (Å²) in [7, 11) is -7.39. The molecule has 24 heavy (non-hydrogen) atoms. The Morgan fingerprint density at radius 1 is 0.875 bits per heavy atom. The lowest BCUT2D eigenvalue weighted by atomic mass is 10.3. The van der Waals surface area contributed by atoms with Gasteiger partial charge < -0.3 is 9.97 Å². The van der Waals surface area contributed by atoms with Gasteiger partial charge in [-0.25, -0.2) is 21.6 Å². The van der Waals surface area contributed by atoms with E-state index in [1.165, 1.54) is 42.5 Å². The average Bonchev–Trinajstić information content (AvgIpc) is 2.85. The Hall–Kier alpha value is -2.59. The summed E-state index contributed by atoms with van der Waals surface area (Å²) in [5, 5.41) is 0. The molecule has 0 radical (unpaired) electrons. The number of H-pyrrole nitrogens is 2. The van der Waals surface area contributed by atoms with Crippen LogP contribution in [0.25, 0.3) is 11.0 Å². The van der Waals surface area contributed by atoms with Gasteiger partial charge in [-0.1, -0.05) is 6.07 Å². The van der Waals surface area contributed by atoms with Crippen molar-refractivity contribution in [2.45, 2.75) is 9.79 Å². The van der Waals surface area contributed by atoms with Crippen molar-refractivity contribution in [2.75, 3.05) is 11.0 Å². The summed E-state index contributed by atoms with van der Waals surface area (Å²) >= 11 is 0. The molecule has 0 saturated carbocycles. The van der Waals surface area contributed by atoms with E-state index in [1.807, 2.05) is 0 Å². The fourth-order valence-electron chi connectivity index (χ4n) is 2.18. The lowest BCUT2D eigenvalue weighted by Crippen LogP contribution is -2.13. The van der Waals surface area contributed by atoms with E-state index < -0.39 is 25.6 Å². The zero-order valence-electron chi connectivity index (χ0n) is 12.4. The van der Waals surface area contributed by atoms with E-state index in [-0.39, 0.29) is 15.5 Å². The van der Waals surface area contributed by atoms with Crippen LogP contribution in [0.5, 0.6) is 0 Å². The van der Waals surface area contributed by atoms with Crippen LogP contribution in [-0.2, 0) is 19.9 Å². The first-order valence-corrected chi connectivity index (χ1v) is 10.1. The van der Waals surface area contributed by atoms with Crippen LogP contribution in [0.2, 0.25) is 0 Å². The predicted octanol–water partition coefficient (Wildman–Crippen LogP) is 1.06. The number of rotatable bonds is 4. The van der Waals surface area contributed by atoms with Crippen LogP contribution in [0.4, 0.5) is 5.69 Å². The number of anilines is 1. The lowest BCUT2D eigenvalue weighted by molar-refractivity contribution is 0.599. The molecule has 10 heteroatoms. The third-order valence-corrected chi connectivity index (χ3v) is 5.80. The minimum absolute atomic E-state index is 0.00752. The fourth-order valence-corrected chi connectivity index (χ4v) is 3.93. The maximum absolute atomic E-state index is 12.5. The molecule has 0 atom stereocenters. The minimum atomic E-state index is -3.94. The van der Waals surface area contributed by atoms with Crippen LogP contribution in [-0.4, -0.2) is 33.1 Å². The number of fused-ring (bicyclic) bond motifs is 1. The number of aromatic amines is 2. The van der Waals surface area contributed by atoms with Crippen LogP contribution in [0, 0.1) is 0 Å². The SMILES string of the molecule is CS(=O)(=O)c1cccc(NS(=O)(=O)c2ccc3[nH]c(=O)[nH]c3c2)c1. The number of aromatic nitrogens is 2. The monoisotopic (exact) mass is 367 g/mol. The summed E-state index contributed by atoms with van der Waals surface area (Å²) < 4.78 is 50.3. The van der Waals surface area contributed by atoms with Gasteiger partial charge in [-0.2, -0.15) is 0 Å². The Morgan fingerprint density at radius 3 is 2.29 bits per heavy atom. The van der Waals surface area contributed by atoms with Crippen LogP contribution in [0.15, 0.2) is 57.1 Å². The van der Waals surface area contributed by atoms with Gasteiger partial charge in [0.2, 0.25) is 0 Å². The molecule has 0 aliphatic rings. The second kappa shape index (κ2) is 5.49. The van der Waals surface area contributed by atoms with Crippen molar-refractivity contribution in [1.82, 2.24) is 9.97 Å². The molecule has 0 bridgehead atoms. The molecule has 126 valence electrons. The van der Waals surface area contributed by atoms with Gasteiger partial charge in [-0.05, 0) is 36.4 Å². The van der Waals surface area contributed by atoms with Crippen LogP contribution in [0.3, 0.4) is 0 Å². The molecule has 0 fully saturated rings. The lowest BCUT2D eigenvalue weighted by Gasteiger charge is -2.09. The highest BCUT2D eigenvalue weighted by Gasteiger charge is 2.16. The first-order valence-electron chi connectivity index (χ1n) is 6.70. The summed E-state index contributed by atoms with van der Waals surface area (Å²) in [6, 6.07) is 9.64. The van der Waals surface area contributed by atoms with E-state index in [9.17, 15) is 21.6 Å². The topological polar surface area (TPSA) is 129 Å². The quantitative estimate of drug-likeness (QED) is 0.635. The molecular formula is C14H13N3O5S2. The summed E-state index contributed by atoms with van der Waals surface area (Å²) in [6.45, 7) is 0. The fraction of sp³-hybridized carbons (Fsp3) is 0.0714. The van der Waals surface area contributed by atoms with Crippen molar-refractivity contribution >= 4 is 36.6 Å². The molecule has 0 unspecified atom stereocenters. The number of benzene rings is 2. The Kier molecular flexibility index (Phi) is 3.73. The first-order chi connectivity index (χ1) is 11.1. The van der Waals surface area contributed by atoms with Gasteiger partial charge in [-0.15, -0.1) is 0 Å². The maximum Gasteiger partial charge on any atom is 0.323 e. The van der Waals surface area contributed by atoms with Crippen molar-refractivity contribution in [1.29, 1.82) is 0 Å².